The average molecular weight is 313 g/mol. The Hall–Kier alpha value is -1.39. The third-order valence-corrected chi connectivity index (χ3v) is 3.70. The molecule has 0 aliphatic carbocycles. The lowest BCUT2D eigenvalue weighted by atomic mass is 10.0. The van der Waals surface area contributed by atoms with Crippen molar-refractivity contribution in [3.8, 4) is 0 Å². The van der Waals surface area contributed by atoms with E-state index in [9.17, 15) is 10.1 Å². The van der Waals surface area contributed by atoms with Crippen LogP contribution in [-0.2, 0) is 6.42 Å². The second-order valence-corrected chi connectivity index (χ2v) is 5.12. The van der Waals surface area contributed by atoms with Crippen LogP contribution in [0.15, 0.2) is 35.4 Å². The van der Waals surface area contributed by atoms with Crippen LogP contribution in [0.25, 0.3) is 0 Å². The van der Waals surface area contributed by atoms with E-state index >= 15 is 0 Å². The molecule has 4 nitrogen and oxygen atoms in total. The van der Waals surface area contributed by atoms with Gasteiger partial charge in [0.25, 0.3) is 5.69 Å². The summed E-state index contributed by atoms with van der Waals surface area (Å²) in [6, 6.07) is 6.82. The molecule has 0 aliphatic rings. The van der Waals surface area contributed by atoms with Gasteiger partial charge < -0.3 is 0 Å². The molecule has 0 heterocycles. The maximum atomic E-state index is 10.6. The van der Waals surface area contributed by atoms with E-state index in [1.807, 2.05) is 12.1 Å². The minimum Gasteiger partial charge on any atom is -0.300 e. The summed E-state index contributed by atoms with van der Waals surface area (Å²) in [5, 5.41) is 10.6. The fraction of sp³-hybridized carbons (Fsp3) is 0.500. The predicted octanol–water partition coefficient (Wildman–Crippen LogP) is 4.24. The molecule has 0 N–H and O–H groups in total. The lowest BCUT2D eigenvalue weighted by Gasteiger charge is -2.20. The standard InChI is InChI=1S/C16H24N2O2.ClH/c1-5-17(6-2)12-14(4)13(3)11-15-7-9-16(10-8-15)18(19)20;/h7-10H,5-6,11-12H2,1-4H3;1H/b14-13-;. The first-order valence-corrected chi connectivity index (χ1v) is 7.08. The van der Waals surface area contributed by atoms with Crippen molar-refractivity contribution in [1.29, 1.82) is 0 Å². The molecular weight excluding hydrogens is 288 g/mol. The Balaban J connectivity index is 0.00000400. The van der Waals surface area contributed by atoms with Crippen molar-refractivity contribution in [2.24, 2.45) is 0 Å². The highest BCUT2D eigenvalue weighted by Gasteiger charge is 2.06. The van der Waals surface area contributed by atoms with Gasteiger partial charge in [-0.2, -0.15) is 0 Å². The Morgan fingerprint density at radius 3 is 2.05 bits per heavy atom. The Kier molecular flexibility index (Phi) is 8.90. The molecule has 1 rings (SSSR count). The van der Waals surface area contributed by atoms with Gasteiger partial charge in [0.1, 0.15) is 0 Å². The fourth-order valence-electron chi connectivity index (χ4n) is 2.11. The molecule has 0 aromatic heterocycles. The highest BCUT2D eigenvalue weighted by Crippen LogP contribution is 2.16. The van der Waals surface area contributed by atoms with E-state index < -0.39 is 0 Å². The monoisotopic (exact) mass is 312 g/mol. The number of allylic oxidation sites excluding steroid dienone is 1. The van der Waals surface area contributed by atoms with Gasteiger partial charge in [-0.1, -0.05) is 37.1 Å². The number of halogens is 1. The number of benzene rings is 1. The number of nitro groups is 1. The molecule has 0 aliphatic heterocycles. The van der Waals surface area contributed by atoms with Crippen LogP contribution in [0.3, 0.4) is 0 Å². The Labute approximate surface area is 133 Å². The quantitative estimate of drug-likeness (QED) is 0.430. The fourth-order valence-corrected chi connectivity index (χ4v) is 2.11. The summed E-state index contributed by atoms with van der Waals surface area (Å²) in [5.41, 5.74) is 3.99. The minimum atomic E-state index is -0.363. The summed E-state index contributed by atoms with van der Waals surface area (Å²) in [5.74, 6) is 0. The van der Waals surface area contributed by atoms with E-state index in [0.29, 0.717) is 0 Å². The van der Waals surface area contributed by atoms with Gasteiger partial charge in [-0.3, -0.25) is 15.0 Å². The first-order valence-electron chi connectivity index (χ1n) is 7.08. The summed E-state index contributed by atoms with van der Waals surface area (Å²) in [6.45, 7) is 11.7. The van der Waals surface area contributed by atoms with Gasteiger partial charge in [0.05, 0.1) is 4.92 Å². The molecule has 0 atom stereocenters. The Bertz CT molecular complexity index is 480. The smallest absolute Gasteiger partial charge is 0.269 e. The summed E-state index contributed by atoms with van der Waals surface area (Å²) < 4.78 is 0. The van der Waals surface area contributed by atoms with Crippen molar-refractivity contribution in [2.75, 3.05) is 19.6 Å². The molecule has 1 aromatic carbocycles. The lowest BCUT2D eigenvalue weighted by Crippen LogP contribution is -2.25. The first-order chi connectivity index (χ1) is 9.47. The highest BCUT2D eigenvalue weighted by molar-refractivity contribution is 5.85. The molecule has 0 unspecified atom stereocenters. The highest BCUT2D eigenvalue weighted by atomic mass is 35.5. The number of nitrogens with zero attached hydrogens (tertiary/aromatic N) is 2. The minimum absolute atomic E-state index is 0. The number of hydrogen-bond donors (Lipinski definition) is 0. The van der Waals surface area contributed by atoms with Gasteiger partial charge >= 0.3 is 0 Å². The van der Waals surface area contributed by atoms with Crippen LogP contribution >= 0.6 is 12.4 Å². The molecule has 0 bridgehead atoms. The maximum Gasteiger partial charge on any atom is 0.269 e. The van der Waals surface area contributed by atoms with E-state index in [1.54, 1.807) is 12.1 Å². The number of hydrogen-bond acceptors (Lipinski definition) is 3. The molecule has 118 valence electrons. The van der Waals surface area contributed by atoms with Crippen LogP contribution < -0.4 is 0 Å². The topological polar surface area (TPSA) is 46.4 Å². The van der Waals surface area contributed by atoms with Crippen LogP contribution in [-0.4, -0.2) is 29.5 Å². The van der Waals surface area contributed by atoms with Crippen molar-refractivity contribution in [1.82, 2.24) is 4.90 Å². The summed E-state index contributed by atoms with van der Waals surface area (Å²) in [4.78, 5) is 12.6. The van der Waals surface area contributed by atoms with Crippen LogP contribution in [0.1, 0.15) is 33.3 Å². The van der Waals surface area contributed by atoms with Gasteiger partial charge in [-0.15, -0.1) is 12.4 Å². The maximum absolute atomic E-state index is 10.6. The summed E-state index contributed by atoms with van der Waals surface area (Å²) >= 11 is 0. The van der Waals surface area contributed by atoms with E-state index in [0.717, 1.165) is 31.6 Å². The van der Waals surface area contributed by atoms with Crippen LogP contribution in [0, 0.1) is 10.1 Å². The number of likely N-dealkylation sites (N-methyl/N-ethyl adjacent to an activating group) is 1. The Morgan fingerprint density at radius 1 is 1.10 bits per heavy atom. The van der Waals surface area contributed by atoms with Crippen molar-refractivity contribution in [3.05, 3.63) is 51.1 Å². The van der Waals surface area contributed by atoms with Gasteiger partial charge in [0.2, 0.25) is 0 Å². The van der Waals surface area contributed by atoms with Gasteiger partial charge in [-0.25, -0.2) is 0 Å². The molecule has 1 aromatic rings. The van der Waals surface area contributed by atoms with Crippen molar-refractivity contribution in [3.63, 3.8) is 0 Å². The summed E-state index contributed by atoms with van der Waals surface area (Å²) in [7, 11) is 0. The van der Waals surface area contributed by atoms with Crippen molar-refractivity contribution >= 4 is 18.1 Å². The van der Waals surface area contributed by atoms with E-state index in [1.165, 1.54) is 11.1 Å². The van der Waals surface area contributed by atoms with Crippen molar-refractivity contribution < 1.29 is 4.92 Å². The lowest BCUT2D eigenvalue weighted by molar-refractivity contribution is -0.384. The van der Waals surface area contributed by atoms with Gasteiger partial charge in [0.15, 0.2) is 0 Å². The third-order valence-electron chi connectivity index (χ3n) is 3.70. The molecule has 0 fully saturated rings. The predicted molar refractivity (Wildman–Crippen MR) is 90.2 cm³/mol. The molecule has 0 saturated heterocycles. The molecule has 0 spiro atoms. The van der Waals surface area contributed by atoms with Crippen LogP contribution in [0.2, 0.25) is 0 Å². The average Bonchev–Trinajstić information content (AvgIpc) is 2.44. The van der Waals surface area contributed by atoms with Crippen LogP contribution in [0.5, 0.6) is 0 Å². The van der Waals surface area contributed by atoms with E-state index in [-0.39, 0.29) is 23.0 Å². The van der Waals surface area contributed by atoms with E-state index in [4.69, 9.17) is 0 Å². The third kappa shape index (κ3) is 6.27. The zero-order valence-corrected chi connectivity index (χ0v) is 14.1. The zero-order valence-electron chi connectivity index (χ0n) is 13.3. The van der Waals surface area contributed by atoms with Gasteiger partial charge in [-0.05, 0) is 38.9 Å². The number of rotatable bonds is 7. The van der Waals surface area contributed by atoms with E-state index in [2.05, 4.69) is 32.6 Å². The van der Waals surface area contributed by atoms with Gasteiger partial charge in [0, 0.05) is 18.7 Å². The number of non-ortho nitro benzene ring substituents is 1. The largest absolute Gasteiger partial charge is 0.300 e. The molecule has 21 heavy (non-hydrogen) atoms. The molecule has 0 radical (unpaired) electrons. The second-order valence-electron chi connectivity index (χ2n) is 5.12. The van der Waals surface area contributed by atoms with Crippen LogP contribution in [0.4, 0.5) is 5.69 Å². The summed E-state index contributed by atoms with van der Waals surface area (Å²) in [6.07, 6.45) is 0.852. The normalized spacial score (nSPS) is 11.9. The molecule has 0 amide bonds. The number of nitro benzene ring substituents is 1. The van der Waals surface area contributed by atoms with Crippen molar-refractivity contribution in [2.45, 2.75) is 34.1 Å². The molecule has 5 heteroatoms. The second kappa shape index (κ2) is 9.53. The molecule has 0 saturated carbocycles. The SMILES string of the molecule is CCN(CC)C/C(C)=C(/C)Cc1ccc([N+](=O)[O-])cc1.Cl. The Morgan fingerprint density at radius 2 is 1.62 bits per heavy atom. The molecular formula is C16H25ClN2O2. The zero-order chi connectivity index (χ0) is 15.1. The first kappa shape index (κ1) is 19.6.